The van der Waals surface area contributed by atoms with Crippen LogP contribution >= 0.6 is 0 Å². The van der Waals surface area contributed by atoms with Crippen molar-refractivity contribution >= 4 is 52.8 Å². The third-order valence-corrected chi connectivity index (χ3v) is 9.42. The highest BCUT2D eigenvalue weighted by atomic mass is 16.5. The number of rotatable bonds is 19. The van der Waals surface area contributed by atoms with Gasteiger partial charge < -0.3 is 36.1 Å². The Morgan fingerprint density at radius 2 is 1.51 bits per heavy atom. The summed E-state index contributed by atoms with van der Waals surface area (Å²) in [6, 6.07) is 13.8. The number of nitrogens with one attached hydrogen (secondary N) is 3. The molecule has 55 heavy (non-hydrogen) atoms. The third kappa shape index (κ3) is 14.0. The zero-order valence-corrected chi connectivity index (χ0v) is 33.6. The van der Waals surface area contributed by atoms with Gasteiger partial charge in [-0.2, -0.15) is 0 Å². The van der Waals surface area contributed by atoms with Gasteiger partial charge in [0.1, 0.15) is 12.1 Å². The first-order valence-electron chi connectivity index (χ1n) is 18.8. The van der Waals surface area contributed by atoms with E-state index in [1.54, 1.807) is 18.7 Å². The number of allylic oxidation sites excluding steroid dienone is 1. The number of carbonyl (C=O) groups excluding carboxylic acids is 6. The van der Waals surface area contributed by atoms with Crippen LogP contribution in [0.4, 0.5) is 5.69 Å². The number of primary amides is 1. The molecule has 0 radical (unpaired) electrons. The SMILES string of the molecule is COC(=O)CC[C@H](NC(=O)CC(C)(C)COCC(C)(C)CNC(=O)CCC(=O)N1Cc2ccccc2/C=C(/C)c2ccccc21)C(=O)N[C@H](C(N)=O)C(C)C. The van der Waals surface area contributed by atoms with Crippen LogP contribution in [0.25, 0.3) is 11.6 Å². The monoisotopic (exact) mass is 761 g/mol. The van der Waals surface area contributed by atoms with Gasteiger partial charge in [0.2, 0.25) is 29.5 Å². The number of nitrogens with zero attached hydrogens (tertiary/aromatic N) is 1. The van der Waals surface area contributed by atoms with Gasteiger partial charge >= 0.3 is 5.97 Å². The number of amides is 5. The summed E-state index contributed by atoms with van der Waals surface area (Å²) in [5.74, 6) is -2.97. The molecule has 2 atom stereocenters. The Bertz CT molecular complexity index is 1730. The van der Waals surface area contributed by atoms with E-state index in [0.29, 0.717) is 13.1 Å². The Morgan fingerprint density at radius 3 is 2.18 bits per heavy atom. The van der Waals surface area contributed by atoms with Crippen molar-refractivity contribution in [1.82, 2.24) is 16.0 Å². The van der Waals surface area contributed by atoms with Gasteiger partial charge in [-0.1, -0.05) is 90.1 Å². The molecule has 2 aromatic rings. The number of hydrogen-bond donors (Lipinski definition) is 4. The Hall–Kier alpha value is -5.04. The predicted molar refractivity (Wildman–Crippen MR) is 212 cm³/mol. The highest BCUT2D eigenvalue weighted by Crippen LogP contribution is 2.33. The molecule has 0 saturated heterocycles. The van der Waals surface area contributed by atoms with Crippen molar-refractivity contribution in [2.45, 2.75) is 99.2 Å². The fourth-order valence-corrected chi connectivity index (χ4v) is 6.27. The lowest BCUT2D eigenvalue weighted by Gasteiger charge is -2.30. The largest absolute Gasteiger partial charge is 0.469 e. The molecule has 2 aromatic carbocycles. The molecular weight excluding hydrogens is 702 g/mol. The van der Waals surface area contributed by atoms with Gasteiger partial charge in [0.25, 0.3) is 0 Å². The van der Waals surface area contributed by atoms with Crippen molar-refractivity contribution < 1.29 is 38.2 Å². The van der Waals surface area contributed by atoms with E-state index in [-0.39, 0.29) is 63.1 Å². The second kappa shape index (κ2) is 20.0. The van der Waals surface area contributed by atoms with E-state index in [1.807, 2.05) is 83.1 Å². The molecule has 0 unspecified atom stereocenters. The second-order valence-electron chi connectivity index (χ2n) is 16.2. The van der Waals surface area contributed by atoms with Gasteiger partial charge in [0.05, 0.1) is 32.6 Å². The van der Waals surface area contributed by atoms with E-state index in [0.717, 1.165) is 28.0 Å². The maximum atomic E-state index is 13.6. The number of methoxy groups -OCH3 is 1. The molecular formula is C42H59N5O8. The number of nitrogens with two attached hydrogens (primary N) is 1. The molecule has 0 aliphatic carbocycles. The van der Waals surface area contributed by atoms with Gasteiger partial charge in [-0.05, 0) is 47.4 Å². The van der Waals surface area contributed by atoms with Crippen molar-refractivity contribution in [2.75, 3.05) is 31.8 Å². The Labute approximate surface area is 325 Å². The number of para-hydroxylation sites is 1. The Balaban J connectivity index is 1.50. The summed E-state index contributed by atoms with van der Waals surface area (Å²) in [6.07, 6.45) is 2.08. The normalized spacial score (nSPS) is 14.9. The van der Waals surface area contributed by atoms with Crippen LogP contribution in [0.3, 0.4) is 0 Å². The number of hydrogen-bond acceptors (Lipinski definition) is 8. The molecule has 13 nitrogen and oxygen atoms in total. The van der Waals surface area contributed by atoms with Crippen LogP contribution < -0.4 is 26.6 Å². The molecule has 5 N–H and O–H groups in total. The molecule has 5 amide bonds. The quantitative estimate of drug-likeness (QED) is 0.151. The van der Waals surface area contributed by atoms with Crippen LogP contribution in [0.15, 0.2) is 48.5 Å². The van der Waals surface area contributed by atoms with Crippen LogP contribution in [0.2, 0.25) is 0 Å². The minimum atomic E-state index is -1.09. The highest BCUT2D eigenvalue weighted by Gasteiger charge is 2.31. The minimum Gasteiger partial charge on any atom is -0.469 e. The third-order valence-electron chi connectivity index (χ3n) is 9.42. The first-order chi connectivity index (χ1) is 25.8. The lowest BCUT2D eigenvalue weighted by molar-refractivity contribution is -0.141. The summed E-state index contributed by atoms with van der Waals surface area (Å²) < 4.78 is 10.7. The molecule has 0 saturated carbocycles. The van der Waals surface area contributed by atoms with Crippen LogP contribution in [-0.4, -0.2) is 74.5 Å². The lowest BCUT2D eigenvalue weighted by atomic mass is 9.89. The summed E-state index contributed by atoms with van der Waals surface area (Å²) in [4.78, 5) is 78.2. The Morgan fingerprint density at radius 1 is 0.855 bits per heavy atom. The first kappa shape index (κ1) is 44.4. The highest BCUT2D eigenvalue weighted by molar-refractivity contribution is 6.00. The first-order valence-corrected chi connectivity index (χ1v) is 18.8. The van der Waals surface area contributed by atoms with E-state index in [2.05, 4.69) is 26.8 Å². The van der Waals surface area contributed by atoms with Crippen molar-refractivity contribution in [3.05, 3.63) is 65.2 Å². The summed E-state index contributed by atoms with van der Waals surface area (Å²) in [5.41, 5.74) is 9.29. The molecule has 1 heterocycles. The number of ether oxygens (including phenoxy) is 2. The molecule has 13 heteroatoms. The smallest absolute Gasteiger partial charge is 0.305 e. The fraction of sp³-hybridized carbons (Fsp3) is 0.524. The van der Waals surface area contributed by atoms with Crippen LogP contribution in [0.1, 0.15) is 97.3 Å². The van der Waals surface area contributed by atoms with Crippen molar-refractivity contribution in [2.24, 2.45) is 22.5 Å². The second-order valence-corrected chi connectivity index (χ2v) is 16.2. The van der Waals surface area contributed by atoms with E-state index >= 15 is 0 Å². The molecule has 1 aliphatic heterocycles. The Kier molecular flexibility index (Phi) is 16.2. The molecule has 300 valence electrons. The van der Waals surface area contributed by atoms with Crippen molar-refractivity contribution in [3.8, 4) is 0 Å². The van der Waals surface area contributed by atoms with Gasteiger partial charge in [0, 0.05) is 43.2 Å². The molecule has 0 fully saturated rings. The maximum Gasteiger partial charge on any atom is 0.305 e. The van der Waals surface area contributed by atoms with Gasteiger partial charge in [-0.15, -0.1) is 0 Å². The molecule has 0 bridgehead atoms. The average molecular weight is 762 g/mol. The molecule has 3 rings (SSSR count). The zero-order chi connectivity index (χ0) is 40.9. The van der Waals surface area contributed by atoms with Crippen LogP contribution in [0.5, 0.6) is 0 Å². The predicted octanol–water partition coefficient (Wildman–Crippen LogP) is 4.51. The topological polar surface area (TPSA) is 186 Å². The standard InChI is InChI=1S/C42H59N5O8/c1-27(2)38(39(43)52)46-40(53)32(17-20-37(51)54-8)45-35(49)22-41(4,5)25-55-26-42(6,7)24-44-34(48)18-19-36(50)47-23-30-14-10-9-13-29(30)21-28(3)31-15-11-12-16-33(31)47/h9-16,21,27,32,38H,17-20,22-26H2,1-8H3,(H2,43,52)(H,44,48)(H,45,49)(H,46,53)/b28-21-/t32-,38-/m0/s1. The zero-order valence-electron chi connectivity index (χ0n) is 33.6. The number of carbonyl (C=O) groups is 6. The summed E-state index contributed by atoms with van der Waals surface area (Å²) in [5, 5.41) is 8.22. The van der Waals surface area contributed by atoms with Crippen molar-refractivity contribution in [1.29, 1.82) is 0 Å². The number of benzene rings is 2. The van der Waals surface area contributed by atoms with E-state index < -0.39 is 46.6 Å². The maximum absolute atomic E-state index is 13.6. The van der Waals surface area contributed by atoms with Gasteiger partial charge in [-0.3, -0.25) is 28.8 Å². The summed E-state index contributed by atoms with van der Waals surface area (Å²) in [6.45, 7) is 14.3. The van der Waals surface area contributed by atoms with Gasteiger partial charge in [-0.25, -0.2) is 0 Å². The van der Waals surface area contributed by atoms with E-state index in [4.69, 9.17) is 10.5 Å². The van der Waals surface area contributed by atoms with Crippen molar-refractivity contribution in [3.63, 3.8) is 0 Å². The number of fused-ring (bicyclic) bond motifs is 2. The van der Waals surface area contributed by atoms with E-state index in [9.17, 15) is 28.8 Å². The van der Waals surface area contributed by atoms with Gasteiger partial charge in [0.15, 0.2) is 0 Å². The summed E-state index contributed by atoms with van der Waals surface area (Å²) >= 11 is 0. The lowest BCUT2D eigenvalue weighted by Crippen LogP contribution is -2.55. The molecule has 1 aliphatic rings. The average Bonchev–Trinajstić information content (AvgIpc) is 3.11. The number of anilines is 1. The van der Waals surface area contributed by atoms with Crippen LogP contribution in [-0.2, 0) is 44.8 Å². The minimum absolute atomic E-state index is 0.00651. The van der Waals surface area contributed by atoms with E-state index in [1.165, 1.54) is 7.11 Å². The molecule has 0 aromatic heterocycles. The number of esters is 1. The molecule has 0 spiro atoms. The summed E-state index contributed by atoms with van der Waals surface area (Å²) in [7, 11) is 1.23. The van der Waals surface area contributed by atoms with Crippen LogP contribution in [0, 0.1) is 16.7 Å². The fourth-order valence-electron chi connectivity index (χ4n) is 6.27.